The van der Waals surface area contributed by atoms with Gasteiger partial charge in [-0.25, -0.2) is 0 Å². The van der Waals surface area contributed by atoms with E-state index in [4.69, 9.17) is 21.1 Å². The van der Waals surface area contributed by atoms with Gasteiger partial charge in [0.15, 0.2) is 17.3 Å². The summed E-state index contributed by atoms with van der Waals surface area (Å²) in [5.41, 5.74) is 2.48. The largest absolute Gasteiger partial charge is 0.493 e. The standard InChI is InChI=1S/C25H23ClN4O3/c1-32-21-13-12-17(14-22(21)33-2)15-23(31)30-25(27-16-19-10-6-7-11-20(19)26)28-24(29-30)18-8-4-3-5-9-18/h3-14H,15-16H2,1-2H3,(H,27,28,29). The van der Waals surface area contributed by atoms with Crippen molar-refractivity contribution >= 4 is 23.5 Å². The molecule has 0 saturated carbocycles. The van der Waals surface area contributed by atoms with Gasteiger partial charge in [0.1, 0.15) is 0 Å². The molecule has 33 heavy (non-hydrogen) atoms. The van der Waals surface area contributed by atoms with Crippen molar-refractivity contribution in [2.45, 2.75) is 13.0 Å². The third-order valence-corrected chi connectivity index (χ3v) is 5.44. The predicted molar refractivity (Wildman–Crippen MR) is 128 cm³/mol. The number of nitrogens with zero attached hydrogens (tertiary/aromatic N) is 3. The van der Waals surface area contributed by atoms with E-state index in [-0.39, 0.29) is 12.3 Å². The van der Waals surface area contributed by atoms with Crippen LogP contribution in [0.5, 0.6) is 11.5 Å². The molecule has 168 valence electrons. The van der Waals surface area contributed by atoms with E-state index < -0.39 is 0 Å². The lowest BCUT2D eigenvalue weighted by Gasteiger charge is -2.10. The fourth-order valence-corrected chi connectivity index (χ4v) is 3.57. The van der Waals surface area contributed by atoms with Gasteiger partial charge < -0.3 is 14.8 Å². The van der Waals surface area contributed by atoms with Crippen LogP contribution in [0.2, 0.25) is 5.02 Å². The van der Waals surface area contributed by atoms with Crippen LogP contribution < -0.4 is 14.8 Å². The second kappa shape index (κ2) is 10.2. The zero-order chi connectivity index (χ0) is 23.2. The van der Waals surface area contributed by atoms with Crippen molar-refractivity contribution in [3.05, 3.63) is 88.9 Å². The van der Waals surface area contributed by atoms with E-state index in [0.717, 1.165) is 16.7 Å². The summed E-state index contributed by atoms with van der Waals surface area (Å²) in [6, 6.07) is 22.4. The summed E-state index contributed by atoms with van der Waals surface area (Å²) in [6.07, 6.45) is 0.110. The molecule has 0 amide bonds. The van der Waals surface area contributed by atoms with E-state index in [1.54, 1.807) is 26.4 Å². The molecule has 1 N–H and O–H groups in total. The molecule has 1 aromatic heterocycles. The Morgan fingerprint density at radius 1 is 0.970 bits per heavy atom. The monoisotopic (exact) mass is 462 g/mol. The van der Waals surface area contributed by atoms with Gasteiger partial charge in [0.2, 0.25) is 5.95 Å². The first-order chi connectivity index (χ1) is 16.1. The fraction of sp³-hybridized carbons (Fsp3) is 0.160. The topological polar surface area (TPSA) is 78.3 Å². The highest BCUT2D eigenvalue weighted by Gasteiger charge is 2.18. The minimum atomic E-state index is -0.237. The molecular formula is C25H23ClN4O3. The normalized spacial score (nSPS) is 10.6. The molecule has 0 radical (unpaired) electrons. The van der Waals surface area contributed by atoms with Gasteiger partial charge in [-0.3, -0.25) is 4.79 Å². The number of hydrogen-bond donors (Lipinski definition) is 1. The lowest BCUT2D eigenvalue weighted by atomic mass is 10.1. The SMILES string of the molecule is COc1ccc(CC(=O)n2nc(-c3ccccc3)nc2NCc2ccccc2Cl)cc1OC. The highest BCUT2D eigenvalue weighted by Crippen LogP contribution is 2.28. The van der Waals surface area contributed by atoms with Crippen molar-refractivity contribution in [2.24, 2.45) is 0 Å². The number of carbonyl (C=O) groups excluding carboxylic acids is 1. The fourth-order valence-electron chi connectivity index (χ4n) is 3.37. The van der Waals surface area contributed by atoms with Gasteiger partial charge in [-0.15, -0.1) is 5.10 Å². The molecule has 0 saturated heterocycles. The van der Waals surface area contributed by atoms with E-state index in [1.165, 1.54) is 4.68 Å². The molecule has 8 heteroatoms. The molecule has 4 aromatic rings. The summed E-state index contributed by atoms with van der Waals surface area (Å²) in [4.78, 5) is 17.8. The minimum absolute atomic E-state index is 0.110. The molecule has 0 atom stereocenters. The number of halogens is 1. The molecule has 0 spiro atoms. The van der Waals surface area contributed by atoms with Crippen LogP contribution in [0, 0.1) is 0 Å². The van der Waals surface area contributed by atoms with Crippen LogP contribution in [0.4, 0.5) is 5.95 Å². The predicted octanol–water partition coefficient (Wildman–Crippen LogP) is 5.11. The molecule has 0 aliphatic rings. The number of carbonyl (C=O) groups is 1. The maximum Gasteiger partial charge on any atom is 0.254 e. The van der Waals surface area contributed by atoms with E-state index in [1.807, 2.05) is 60.7 Å². The number of aromatic nitrogens is 3. The Balaban J connectivity index is 1.63. The Hall–Kier alpha value is -3.84. The number of nitrogens with one attached hydrogen (secondary N) is 1. The molecule has 7 nitrogen and oxygen atoms in total. The summed E-state index contributed by atoms with van der Waals surface area (Å²) in [5, 5.41) is 8.33. The summed E-state index contributed by atoms with van der Waals surface area (Å²) in [6.45, 7) is 0.399. The number of rotatable bonds is 8. The van der Waals surface area contributed by atoms with Crippen molar-refractivity contribution in [1.29, 1.82) is 0 Å². The van der Waals surface area contributed by atoms with E-state index >= 15 is 0 Å². The Labute approximate surface area is 196 Å². The molecule has 0 unspecified atom stereocenters. The minimum Gasteiger partial charge on any atom is -0.493 e. The Bertz CT molecular complexity index is 1260. The van der Waals surface area contributed by atoms with Crippen molar-refractivity contribution < 1.29 is 14.3 Å². The Morgan fingerprint density at radius 2 is 1.70 bits per heavy atom. The summed E-state index contributed by atoms with van der Waals surface area (Å²) in [5.74, 6) is 1.72. The van der Waals surface area contributed by atoms with Gasteiger partial charge >= 0.3 is 0 Å². The third-order valence-electron chi connectivity index (χ3n) is 5.07. The zero-order valence-electron chi connectivity index (χ0n) is 18.3. The van der Waals surface area contributed by atoms with Crippen molar-refractivity contribution in [2.75, 3.05) is 19.5 Å². The lowest BCUT2D eigenvalue weighted by Crippen LogP contribution is -2.18. The second-order valence-corrected chi connectivity index (χ2v) is 7.65. The van der Waals surface area contributed by atoms with Crippen LogP contribution in [0.1, 0.15) is 15.9 Å². The Kier molecular flexibility index (Phi) is 6.90. The molecule has 0 bridgehead atoms. The van der Waals surface area contributed by atoms with Gasteiger partial charge in [0.05, 0.1) is 20.6 Å². The van der Waals surface area contributed by atoms with Crippen LogP contribution in [0.25, 0.3) is 11.4 Å². The van der Waals surface area contributed by atoms with Crippen LogP contribution in [0.3, 0.4) is 0 Å². The number of hydrogen-bond acceptors (Lipinski definition) is 6. The number of benzene rings is 3. The highest BCUT2D eigenvalue weighted by atomic mass is 35.5. The molecule has 0 aliphatic heterocycles. The molecule has 0 aliphatic carbocycles. The zero-order valence-corrected chi connectivity index (χ0v) is 19.0. The number of methoxy groups -OCH3 is 2. The van der Waals surface area contributed by atoms with Gasteiger partial charge in [-0.1, -0.05) is 66.2 Å². The molecule has 1 heterocycles. The van der Waals surface area contributed by atoms with Crippen molar-refractivity contribution in [3.8, 4) is 22.9 Å². The third kappa shape index (κ3) is 5.15. The van der Waals surface area contributed by atoms with Gasteiger partial charge in [0, 0.05) is 17.1 Å². The summed E-state index contributed by atoms with van der Waals surface area (Å²) in [7, 11) is 3.13. The first kappa shape index (κ1) is 22.4. The maximum absolute atomic E-state index is 13.2. The second-order valence-electron chi connectivity index (χ2n) is 7.24. The van der Waals surface area contributed by atoms with Crippen LogP contribution in [0.15, 0.2) is 72.8 Å². The quantitative estimate of drug-likeness (QED) is 0.392. The van der Waals surface area contributed by atoms with E-state index in [0.29, 0.717) is 34.8 Å². The van der Waals surface area contributed by atoms with E-state index in [9.17, 15) is 4.79 Å². The van der Waals surface area contributed by atoms with Crippen molar-refractivity contribution in [3.63, 3.8) is 0 Å². The van der Waals surface area contributed by atoms with Crippen LogP contribution >= 0.6 is 11.6 Å². The van der Waals surface area contributed by atoms with E-state index in [2.05, 4.69) is 15.4 Å². The summed E-state index contributed by atoms with van der Waals surface area (Å²) < 4.78 is 11.9. The number of anilines is 1. The molecular weight excluding hydrogens is 440 g/mol. The van der Waals surface area contributed by atoms with Crippen LogP contribution in [-0.4, -0.2) is 34.9 Å². The van der Waals surface area contributed by atoms with Crippen LogP contribution in [-0.2, 0) is 13.0 Å². The average Bonchev–Trinajstić information content (AvgIpc) is 3.28. The molecule has 3 aromatic carbocycles. The van der Waals surface area contributed by atoms with Crippen molar-refractivity contribution in [1.82, 2.24) is 14.8 Å². The maximum atomic E-state index is 13.2. The molecule has 4 rings (SSSR count). The lowest BCUT2D eigenvalue weighted by molar-refractivity contribution is 0.0901. The Morgan fingerprint density at radius 3 is 2.42 bits per heavy atom. The summed E-state index contributed by atoms with van der Waals surface area (Å²) >= 11 is 6.28. The smallest absolute Gasteiger partial charge is 0.254 e. The highest BCUT2D eigenvalue weighted by molar-refractivity contribution is 6.31. The molecule has 0 fully saturated rings. The van der Waals surface area contributed by atoms with Gasteiger partial charge in [-0.2, -0.15) is 9.67 Å². The average molecular weight is 463 g/mol. The van der Waals surface area contributed by atoms with Gasteiger partial charge in [0.25, 0.3) is 5.91 Å². The first-order valence-electron chi connectivity index (χ1n) is 10.3. The van der Waals surface area contributed by atoms with Gasteiger partial charge in [-0.05, 0) is 29.3 Å². The number of ether oxygens (including phenoxy) is 2. The first-order valence-corrected chi connectivity index (χ1v) is 10.7.